The zero-order valence-corrected chi connectivity index (χ0v) is 15.0. The highest BCUT2D eigenvalue weighted by molar-refractivity contribution is 5.92. The van der Waals surface area contributed by atoms with Crippen LogP contribution in [0.4, 0.5) is 4.79 Å². The van der Waals surface area contributed by atoms with Gasteiger partial charge in [-0.25, -0.2) is 4.79 Å². The Hall–Kier alpha value is -3.12. The molecule has 0 bridgehead atoms. The lowest BCUT2D eigenvalue weighted by Crippen LogP contribution is -2.35. The maximum atomic E-state index is 12.7. The first-order valence-electron chi connectivity index (χ1n) is 8.59. The molecule has 3 rings (SSSR count). The van der Waals surface area contributed by atoms with Gasteiger partial charge < -0.3 is 14.2 Å². The van der Waals surface area contributed by atoms with E-state index in [1.165, 1.54) is 24.3 Å². The highest BCUT2D eigenvalue weighted by atomic mass is 16.7. The molecule has 0 aliphatic carbocycles. The lowest BCUT2D eigenvalue weighted by Gasteiger charge is -2.31. The first-order chi connectivity index (χ1) is 13.2. The van der Waals surface area contributed by atoms with E-state index < -0.39 is 12.1 Å². The van der Waals surface area contributed by atoms with Crippen LogP contribution in [0, 0.1) is 0 Å². The smallest absolute Gasteiger partial charge is 0.414 e. The van der Waals surface area contributed by atoms with E-state index in [2.05, 4.69) is 0 Å². The van der Waals surface area contributed by atoms with Crippen molar-refractivity contribution in [1.29, 1.82) is 0 Å². The quantitative estimate of drug-likeness (QED) is 0.726. The summed E-state index contributed by atoms with van der Waals surface area (Å²) in [4.78, 5) is 26.1. The van der Waals surface area contributed by atoms with E-state index in [1.54, 1.807) is 6.07 Å². The van der Waals surface area contributed by atoms with Gasteiger partial charge in [-0.15, -0.1) is 0 Å². The van der Waals surface area contributed by atoms with Crippen molar-refractivity contribution in [3.8, 4) is 5.75 Å². The Morgan fingerprint density at radius 2 is 1.85 bits per heavy atom. The van der Waals surface area contributed by atoms with Crippen LogP contribution in [-0.2, 0) is 20.9 Å². The first kappa shape index (κ1) is 18.7. The lowest BCUT2D eigenvalue weighted by molar-refractivity contribution is -0.116. The fourth-order valence-electron chi connectivity index (χ4n) is 2.88. The summed E-state index contributed by atoms with van der Waals surface area (Å²) in [7, 11) is 1.53. The van der Waals surface area contributed by atoms with Crippen molar-refractivity contribution in [1.82, 2.24) is 4.90 Å². The summed E-state index contributed by atoms with van der Waals surface area (Å²) in [5.74, 6) is 0.502. The molecule has 2 aromatic carbocycles. The summed E-state index contributed by atoms with van der Waals surface area (Å²) in [6.45, 7) is 0.235. The minimum absolute atomic E-state index is 0.0614. The number of allylic oxidation sites excluding steroid dienone is 1. The topological polar surface area (TPSA) is 65.1 Å². The van der Waals surface area contributed by atoms with Crippen LogP contribution in [0.5, 0.6) is 5.75 Å². The van der Waals surface area contributed by atoms with Gasteiger partial charge in [0, 0.05) is 25.3 Å². The van der Waals surface area contributed by atoms with Gasteiger partial charge in [0.15, 0.2) is 12.6 Å². The fourth-order valence-corrected chi connectivity index (χ4v) is 2.88. The molecule has 0 saturated carbocycles. The van der Waals surface area contributed by atoms with Gasteiger partial charge in [-0.1, -0.05) is 48.5 Å². The van der Waals surface area contributed by atoms with Crippen molar-refractivity contribution in [2.75, 3.05) is 13.9 Å². The number of methoxy groups -OCH3 is 1. The molecule has 6 heteroatoms. The largest absolute Gasteiger partial charge is 0.467 e. The second-order valence-electron chi connectivity index (χ2n) is 6.04. The maximum absolute atomic E-state index is 12.7. The molecule has 1 amide bonds. The zero-order valence-electron chi connectivity index (χ0n) is 15.0. The monoisotopic (exact) mass is 367 g/mol. The van der Waals surface area contributed by atoms with Crippen molar-refractivity contribution >= 4 is 11.9 Å². The molecule has 0 N–H and O–H groups in total. The van der Waals surface area contributed by atoms with Gasteiger partial charge in [0.1, 0.15) is 12.4 Å². The number of hydrogen-bond acceptors (Lipinski definition) is 5. The predicted molar refractivity (Wildman–Crippen MR) is 98.9 cm³/mol. The molecule has 2 aromatic rings. The first-order valence-corrected chi connectivity index (χ1v) is 8.59. The third kappa shape index (κ3) is 4.74. The van der Waals surface area contributed by atoms with Gasteiger partial charge in [0.05, 0.1) is 6.04 Å². The van der Waals surface area contributed by atoms with Crippen LogP contribution in [0.25, 0.3) is 0 Å². The summed E-state index contributed by atoms with van der Waals surface area (Å²) < 4.78 is 16.0. The van der Waals surface area contributed by atoms with Gasteiger partial charge in [0.25, 0.3) is 0 Å². The third-order valence-corrected chi connectivity index (χ3v) is 4.18. The molecule has 27 heavy (non-hydrogen) atoms. The van der Waals surface area contributed by atoms with E-state index in [0.29, 0.717) is 5.75 Å². The molecule has 6 nitrogen and oxygen atoms in total. The third-order valence-electron chi connectivity index (χ3n) is 4.18. The van der Waals surface area contributed by atoms with Crippen molar-refractivity contribution in [3.63, 3.8) is 0 Å². The van der Waals surface area contributed by atoms with Crippen LogP contribution in [0.2, 0.25) is 0 Å². The molecule has 0 unspecified atom stereocenters. The SMILES string of the molecule is COCOc1ccccc1[C@H]1CC(=O)C=CN1C(=O)OCc1ccccc1. The number of carbonyl (C=O) groups excluding carboxylic acids is 2. The molecule has 0 spiro atoms. The number of ether oxygens (including phenoxy) is 3. The van der Waals surface area contributed by atoms with E-state index >= 15 is 0 Å². The zero-order chi connectivity index (χ0) is 19.1. The van der Waals surface area contributed by atoms with Crippen LogP contribution in [0.15, 0.2) is 66.9 Å². The van der Waals surface area contributed by atoms with Crippen molar-refractivity contribution in [2.45, 2.75) is 19.1 Å². The van der Waals surface area contributed by atoms with Crippen LogP contribution in [0.1, 0.15) is 23.6 Å². The maximum Gasteiger partial charge on any atom is 0.414 e. The number of carbonyl (C=O) groups is 2. The normalized spacial score (nSPS) is 16.3. The number of rotatable bonds is 6. The van der Waals surface area contributed by atoms with Crippen LogP contribution < -0.4 is 4.74 Å². The van der Waals surface area contributed by atoms with Gasteiger partial charge in [-0.05, 0) is 17.7 Å². The van der Waals surface area contributed by atoms with Crippen molar-refractivity contribution in [2.24, 2.45) is 0 Å². The Labute approximate surface area is 158 Å². The molecular weight excluding hydrogens is 346 g/mol. The van der Waals surface area contributed by atoms with Crippen LogP contribution >= 0.6 is 0 Å². The van der Waals surface area contributed by atoms with Crippen molar-refractivity contribution in [3.05, 3.63) is 78.0 Å². The van der Waals surface area contributed by atoms with Crippen molar-refractivity contribution < 1.29 is 23.8 Å². The Morgan fingerprint density at radius 3 is 2.63 bits per heavy atom. The summed E-state index contributed by atoms with van der Waals surface area (Å²) >= 11 is 0. The minimum atomic E-state index is -0.519. The molecule has 1 heterocycles. The van der Waals surface area contributed by atoms with E-state index in [9.17, 15) is 9.59 Å². The number of para-hydroxylation sites is 1. The van der Waals surface area contributed by atoms with Gasteiger partial charge in [-0.3, -0.25) is 9.69 Å². The van der Waals surface area contributed by atoms with Crippen LogP contribution in [-0.4, -0.2) is 30.7 Å². The average molecular weight is 367 g/mol. The average Bonchev–Trinajstić information content (AvgIpc) is 2.71. The molecule has 1 aliphatic rings. The van der Waals surface area contributed by atoms with Crippen LogP contribution in [0.3, 0.4) is 0 Å². The number of amides is 1. The van der Waals surface area contributed by atoms with E-state index in [4.69, 9.17) is 14.2 Å². The minimum Gasteiger partial charge on any atom is -0.467 e. The van der Waals surface area contributed by atoms with Gasteiger partial charge in [-0.2, -0.15) is 0 Å². The molecule has 0 saturated heterocycles. The number of hydrogen-bond donors (Lipinski definition) is 0. The Kier molecular flexibility index (Phi) is 6.22. The highest BCUT2D eigenvalue weighted by Crippen LogP contribution is 2.35. The molecule has 1 atom stereocenters. The second kappa shape index (κ2) is 9.00. The summed E-state index contributed by atoms with van der Waals surface area (Å²) in [6, 6.07) is 16.2. The van der Waals surface area contributed by atoms with Gasteiger partial charge in [0.2, 0.25) is 0 Å². The standard InChI is InChI=1S/C21H21NO5/c1-25-15-27-20-10-6-5-9-18(20)19-13-17(23)11-12-22(19)21(24)26-14-16-7-3-2-4-8-16/h2-12,19H,13-15H2,1H3/t19-/m1/s1. The fraction of sp³-hybridized carbons (Fsp3) is 0.238. The Bertz CT molecular complexity index is 818. The summed E-state index contributed by atoms with van der Waals surface area (Å²) in [5.41, 5.74) is 1.62. The number of ketones is 1. The summed E-state index contributed by atoms with van der Waals surface area (Å²) in [6.07, 6.45) is 2.49. The molecule has 0 aromatic heterocycles. The summed E-state index contributed by atoms with van der Waals surface area (Å²) in [5, 5.41) is 0. The highest BCUT2D eigenvalue weighted by Gasteiger charge is 2.31. The molecule has 0 radical (unpaired) electrons. The van der Waals surface area contributed by atoms with E-state index in [-0.39, 0.29) is 25.6 Å². The lowest BCUT2D eigenvalue weighted by atomic mass is 9.97. The number of nitrogens with zero attached hydrogens (tertiary/aromatic N) is 1. The predicted octanol–water partition coefficient (Wildman–Crippen LogP) is 3.84. The molecular formula is C21H21NO5. The van der Waals surface area contributed by atoms with E-state index in [1.807, 2.05) is 48.5 Å². The molecule has 140 valence electrons. The van der Waals surface area contributed by atoms with Gasteiger partial charge >= 0.3 is 6.09 Å². The Balaban J connectivity index is 1.79. The molecule has 1 aliphatic heterocycles. The van der Waals surface area contributed by atoms with E-state index in [0.717, 1.165) is 11.1 Å². The second-order valence-corrected chi connectivity index (χ2v) is 6.04. The number of benzene rings is 2. The molecule has 0 fully saturated rings. The Morgan fingerprint density at radius 1 is 1.11 bits per heavy atom.